The lowest BCUT2D eigenvalue weighted by Crippen LogP contribution is -2.06. The topological polar surface area (TPSA) is 37.3 Å². The Bertz CT molecular complexity index is 712. The molecule has 0 unspecified atom stereocenters. The van der Waals surface area contributed by atoms with E-state index in [4.69, 9.17) is 11.6 Å². The zero-order chi connectivity index (χ0) is 16.3. The van der Waals surface area contributed by atoms with Gasteiger partial charge >= 0.3 is 6.18 Å². The number of rotatable bonds is 3. The number of hydrazone groups is 1. The van der Waals surface area contributed by atoms with E-state index in [-0.39, 0.29) is 10.8 Å². The molecule has 0 spiro atoms. The number of hydrogen-bond donors (Lipinski definition) is 1. The van der Waals surface area contributed by atoms with Crippen LogP contribution in [-0.2, 0) is 6.18 Å². The highest BCUT2D eigenvalue weighted by atomic mass is 35.5. The van der Waals surface area contributed by atoms with Gasteiger partial charge in [0.15, 0.2) is 5.82 Å². The van der Waals surface area contributed by atoms with Crippen molar-refractivity contribution < 1.29 is 13.2 Å². The molecular formula is C15H13ClF3N3. The van der Waals surface area contributed by atoms with Gasteiger partial charge in [0.1, 0.15) is 0 Å². The van der Waals surface area contributed by atoms with Crippen molar-refractivity contribution in [3.63, 3.8) is 0 Å². The molecule has 1 aromatic carbocycles. The molecule has 0 saturated carbocycles. The molecule has 0 bridgehead atoms. The van der Waals surface area contributed by atoms with Crippen LogP contribution in [-0.4, -0.2) is 11.2 Å². The lowest BCUT2D eigenvalue weighted by atomic mass is 10.1. The van der Waals surface area contributed by atoms with E-state index >= 15 is 0 Å². The van der Waals surface area contributed by atoms with Gasteiger partial charge in [-0.3, -0.25) is 5.43 Å². The van der Waals surface area contributed by atoms with E-state index in [9.17, 15) is 13.2 Å². The summed E-state index contributed by atoms with van der Waals surface area (Å²) in [6.45, 7) is 3.89. The number of anilines is 1. The summed E-state index contributed by atoms with van der Waals surface area (Å²) in [4.78, 5) is 3.64. The fraction of sp³-hybridized carbons (Fsp3) is 0.200. The van der Waals surface area contributed by atoms with Gasteiger partial charge in [0, 0.05) is 6.20 Å². The third kappa shape index (κ3) is 3.98. The first-order valence-corrected chi connectivity index (χ1v) is 6.74. The largest absolute Gasteiger partial charge is 0.417 e. The van der Waals surface area contributed by atoms with Crippen LogP contribution in [0.2, 0.25) is 5.02 Å². The summed E-state index contributed by atoms with van der Waals surface area (Å²) in [6, 6.07) is 6.70. The van der Waals surface area contributed by atoms with Crippen LogP contribution in [0.5, 0.6) is 0 Å². The van der Waals surface area contributed by atoms with E-state index in [1.807, 2.05) is 32.0 Å². The second kappa shape index (κ2) is 6.36. The summed E-state index contributed by atoms with van der Waals surface area (Å²) >= 11 is 5.77. The second-order valence-corrected chi connectivity index (χ2v) is 5.19. The number of benzene rings is 1. The van der Waals surface area contributed by atoms with Crippen LogP contribution in [0.1, 0.15) is 22.3 Å². The average molecular weight is 328 g/mol. The quantitative estimate of drug-likeness (QED) is 0.648. The first-order chi connectivity index (χ1) is 10.3. The lowest BCUT2D eigenvalue weighted by Gasteiger charge is -2.08. The Balaban J connectivity index is 2.15. The molecule has 0 aliphatic rings. The van der Waals surface area contributed by atoms with Crippen LogP contribution in [0.25, 0.3) is 0 Å². The van der Waals surface area contributed by atoms with Gasteiger partial charge in [-0.2, -0.15) is 18.3 Å². The van der Waals surface area contributed by atoms with Crippen molar-refractivity contribution in [2.45, 2.75) is 20.0 Å². The van der Waals surface area contributed by atoms with Gasteiger partial charge in [-0.25, -0.2) is 4.98 Å². The van der Waals surface area contributed by atoms with E-state index in [2.05, 4.69) is 15.5 Å². The monoisotopic (exact) mass is 327 g/mol. The number of nitrogens with zero attached hydrogens (tertiary/aromatic N) is 2. The van der Waals surface area contributed by atoms with Crippen molar-refractivity contribution in [1.82, 2.24) is 4.98 Å². The molecule has 2 rings (SSSR count). The minimum Gasteiger partial charge on any atom is -0.260 e. The standard InChI is InChI=1S/C15H13ClF3N3/c1-9-3-4-10(2)11(5-9)7-21-22-14-13(16)6-12(8-20-14)15(17,18)19/h3-8H,1-2H3,(H,20,22)/b21-7-. The highest BCUT2D eigenvalue weighted by Gasteiger charge is 2.31. The Kier molecular flexibility index (Phi) is 4.71. The highest BCUT2D eigenvalue weighted by molar-refractivity contribution is 6.32. The fourth-order valence-corrected chi connectivity index (χ4v) is 1.95. The molecule has 2 aromatic rings. The number of hydrogen-bond acceptors (Lipinski definition) is 3. The number of nitrogens with one attached hydrogen (secondary N) is 1. The minimum absolute atomic E-state index is 0.0659. The third-order valence-corrected chi connectivity index (χ3v) is 3.27. The van der Waals surface area contributed by atoms with Crippen molar-refractivity contribution in [1.29, 1.82) is 0 Å². The maximum absolute atomic E-state index is 12.5. The maximum atomic E-state index is 12.5. The van der Waals surface area contributed by atoms with Crippen LogP contribution in [0.3, 0.4) is 0 Å². The van der Waals surface area contributed by atoms with Crippen LogP contribution in [0.15, 0.2) is 35.6 Å². The number of alkyl halides is 3. The van der Waals surface area contributed by atoms with E-state index in [0.717, 1.165) is 22.8 Å². The van der Waals surface area contributed by atoms with Crippen LogP contribution >= 0.6 is 11.6 Å². The molecule has 1 heterocycles. The molecule has 116 valence electrons. The van der Waals surface area contributed by atoms with Crippen molar-refractivity contribution in [3.8, 4) is 0 Å². The number of aromatic nitrogens is 1. The van der Waals surface area contributed by atoms with Gasteiger partial charge < -0.3 is 0 Å². The Hall–Kier alpha value is -2.08. The van der Waals surface area contributed by atoms with Crippen molar-refractivity contribution >= 4 is 23.6 Å². The third-order valence-electron chi connectivity index (χ3n) is 2.98. The first kappa shape index (κ1) is 16.3. The summed E-state index contributed by atoms with van der Waals surface area (Å²) < 4.78 is 37.5. The molecule has 0 fully saturated rings. The molecule has 0 radical (unpaired) electrons. The smallest absolute Gasteiger partial charge is 0.260 e. The van der Waals surface area contributed by atoms with Gasteiger partial charge in [0.05, 0.1) is 16.8 Å². The highest BCUT2D eigenvalue weighted by Crippen LogP contribution is 2.32. The van der Waals surface area contributed by atoms with Crippen molar-refractivity contribution in [3.05, 3.63) is 57.7 Å². The first-order valence-electron chi connectivity index (χ1n) is 6.36. The zero-order valence-corrected chi connectivity index (χ0v) is 12.6. The van der Waals surface area contributed by atoms with E-state index in [1.165, 1.54) is 0 Å². The fourth-order valence-electron chi connectivity index (χ4n) is 1.74. The minimum atomic E-state index is -4.48. The summed E-state index contributed by atoms with van der Waals surface area (Å²) in [7, 11) is 0. The van der Waals surface area contributed by atoms with Gasteiger partial charge in [0.25, 0.3) is 0 Å². The SMILES string of the molecule is Cc1ccc(C)c(/C=N\Nc2ncc(C(F)(F)F)cc2Cl)c1. The maximum Gasteiger partial charge on any atom is 0.417 e. The Morgan fingerprint density at radius 1 is 1.23 bits per heavy atom. The molecule has 1 aromatic heterocycles. The predicted octanol–water partition coefficient (Wildman–Crippen LogP) is 4.82. The lowest BCUT2D eigenvalue weighted by molar-refractivity contribution is -0.137. The summed E-state index contributed by atoms with van der Waals surface area (Å²) in [5.41, 5.74) is 4.65. The van der Waals surface area contributed by atoms with Crippen molar-refractivity contribution in [2.24, 2.45) is 5.10 Å². The molecule has 0 aliphatic carbocycles. The van der Waals surface area contributed by atoms with Crippen molar-refractivity contribution in [2.75, 3.05) is 5.43 Å². The van der Waals surface area contributed by atoms with Gasteiger partial charge in [-0.1, -0.05) is 35.4 Å². The molecule has 0 atom stereocenters. The molecule has 7 heteroatoms. The summed E-state index contributed by atoms with van der Waals surface area (Å²) in [5.74, 6) is 0.0659. The molecule has 1 N–H and O–H groups in total. The predicted molar refractivity (Wildman–Crippen MR) is 81.4 cm³/mol. The Morgan fingerprint density at radius 3 is 2.59 bits per heavy atom. The van der Waals surface area contributed by atoms with E-state index < -0.39 is 11.7 Å². The van der Waals surface area contributed by atoms with Crippen LogP contribution in [0, 0.1) is 13.8 Å². The Labute approximate surface area is 130 Å². The van der Waals surface area contributed by atoms with Crippen LogP contribution in [0.4, 0.5) is 19.0 Å². The summed E-state index contributed by atoms with van der Waals surface area (Å²) in [6.07, 6.45) is -2.20. The molecule has 0 amide bonds. The van der Waals surface area contributed by atoms with Gasteiger partial charge in [-0.15, -0.1) is 0 Å². The zero-order valence-electron chi connectivity index (χ0n) is 11.9. The number of aryl methyl sites for hydroxylation is 2. The molecule has 22 heavy (non-hydrogen) atoms. The Morgan fingerprint density at radius 2 is 1.95 bits per heavy atom. The van der Waals surface area contributed by atoms with Gasteiger partial charge in [0.2, 0.25) is 0 Å². The molecule has 0 aliphatic heterocycles. The number of halogens is 4. The molecule has 3 nitrogen and oxygen atoms in total. The normalized spacial score (nSPS) is 11.9. The second-order valence-electron chi connectivity index (χ2n) is 4.78. The number of pyridine rings is 1. The van der Waals surface area contributed by atoms with E-state index in [1.54, 1.807) is 6.21 Å². The molecule has 0 saturated heterocycles. The van der Waals surface area contributed by atoms with E-state index in [0.29, 0.717) is 6.20 Å². The summed E-state index contributed by atoms with van der Waals surface area (Å²) in [5, 5.41) is 3.82. The molecular weight excluding hydrogens is 315 g/mol. The van der Waals surface area contributed by atoms with Crippen LogP contribution < -0.4 is 5.43 Å². The average Bonchev–Trinajstić information content (AvgIpc) is 2.43. The van der Waals surface area contributed by atoms with Gasteiger partial charge in [-0.05, 0) is 31.0 Å².